The van der Waals surface area contributed by atoms with Gasteiger partial charge in [-0.05, 0) is 68.3 Å². The van der Waals surface area contributed by atoms with Gasteiger partial charge in [0.2, 0.25) is 11.8 Å². The van der Waals surface area contributed by atoms with Gasteiger partial charge in [-0.3, -0.25) is 9.59 Å². The van der Waals surface area contributed by atoms with Crippen LogP contribution in [0.5, 0.6) is 0 Å². The minimum atomic E-state index is -2.27. The number of aromatic nitrogens is 7. The van der Waals surface area contributed by atoms with E-state index in [4.69, 9.17) is 30.4 Å². The number of aliphatic hydroxyl groups excluding tert-OH is 2. The maximum absolute atomic E-state index is 12.3. The van der Waals surface area contributed by atoms with E-state index in [0.29, 0.717) is 23.9 Å². The fourth-order valence-electron chi connectivity index (χ4n) is 6.46. The normalized spacial score (nSPS) is 11.4. The minimum Gasteiger partial charge on any atom is -0.479 e. The van der Waals surface area contributed by atoms with Crippen molar-refractivity contribution in [2.75, 3.05) is 28.2 Å². The van der Waals surface area contributed by atoms with Crippen LogP contribution in [0.25, 0.3) is 44.8 Å². The highest BCUT2D eigenvalue weighted by Crippen LogP contribution is 2.28. The molecule has 2 atom stereocenters. The second-order valence-corrected chi connectivity index (χ2v) is 16.1. The average molecular weight is 925 g/mol. The molecule has 0 fully saturated rings. The second-order valence-electron chi connectivity index (χ2n) is 16.1. The summed E-state index contributed by atoms with van der Waals surface area (Å²) in [5, 5.41) is 43.3. The Morgan fingerprint density at radius 2 is 1.00 bits per heavy atom. The topological polar surface area (TPSA) is 250 Å². The number of aryl methyl sites for hydroxylation is 4. The summed E-state index contributed by atoms with van der Waals surface area (Å²) >= 11 is 0. The first-order chi connectivity index (χ1) is 32.3. The van der Waals surface area contributed by atoms with Crippen LogP contribution in [0, 0.1) is 27.7 Å². The van der Waals surface area contributed by atoms with E-state index in [2.05, 4.69) is 77.8 Å². The first-order valence-corrected chi connectivity index (χ1v) is 21.0. The van der Waals surface area contributed by atoms with Gasteiger partial charge in [-0.15, -0.1) is 9.89 Å². The van der Waals surface area contributed by atoms with Crippen LogP contribution in [0.15, 0.2) is 115 Å². The maximum atomic E-state index is 12.3. The number of benzene rings is 3. The molecule has 352 valence electrons. The zero-order valence-electron chi connectivity index (χ0n) is 38.8. The molecule has 5 heterocycles. The van der Waals surface area contributed by atoms with Crippen molar-refractivity contribution in [1.29, 1.82) is 0 Å². The van der Waals surface area contributed by atoms with E-state index in [1.54, 1.807) is 50.1 Å². The summed E-state index contributed by atoms with van der Waals surface area (Å²) in [7, 11) is 7.12. The zero-order valence-corrected chi connectivity index (χ0v) is 38.8. The summed E-state index contributed by atoms with van der Waals surface area (Å²) in [6.07, 6.45) is 1.61. The molecule has 0 radical (unpaired) electrons. The number of hydrogen-bond donors (Lipinski definition) is 4. The monoisotopic (exact) mass is 924 g/mol. The third kappa shape index (κ3) is 12.7. The molecule has 3 aromatic carbocycles. The lowest BCUT2D eigenvalue weighted by atomic mass is 10.1. The number of aliphatic hydroxyl groups is 2. The Bertz CT molecular complexity index is 2950. The lowest BCUT2D eigenvalue weighted by Gasteiger charge is -2.11. The maximum Gasteiger partial charge on any atom is 0.335 e. The van der Waals surface area contributed by atoms with Crippen molar-refractivity contribution in [1.82, 2.24) is 43.7 Å². The molecule has 0 aliphatic carbocycles. The number of carboxylic acid groups (broad SMARTS) is 2. The molecule has 0 saturated carbocycles. The SMILES string of the molecule is Cc1ccc(-c2nc3ccc(C)cn3c2CC(=O)N(C)C)cc1.Cc1ccc(-c2nc3ccc(C)cn3c2CC(=O)N(C)C)cc1.O=C(O)C(O)C(O)C(=O)O.O=C=Nn1nnc2ccccc21. The number of imidazole rings is 2. The molecular formula is C49H52N10O9. The van der Waals surface area contributed by atoms with E-state index in [9.17, 15) is 24.0 Å². The number of hydrogen-bond acceptors (Lipinski definition) is 12. The Hall–Kier alpha value is -8.38. The van der Waals surface area contributed by atoms with Crippen LogP contribution in [0.3, 0.4) is 0 Å². The van der Waals surface area contributed by atoms with E-state index < -0.39 is 24.1 Å². The molecule has 19 heteroatoms. The Morgan fingerprint density at radius 1 is 0.603 bits per heavy atom. The smallest absolute Gasteiger partial charge is 0.335 e. The first-order valence-electron chi connectivity index (χ1n) is 21.0. The first kappa shape index (κ1) is 50.6. The summed E-state index contributed by atoms with van der Waals surface area (Å²) in [6.45, 7) is 8.21. The minimum absolute atomic E-state index is 0.0710. The van der Waals surface area contributed by atoms with Crippen molar-refractivity contribution in [2.45, 2.75) is 52.7 Å². The number of fused-ring (bicyclic) bond motifs is 3. The van der Waals surface area contributed by atoms with Gasteiger partial charge in [-0.1, -0.05) is 89.0 Å². The number of carboxylic acids is 2. The summed E-state index contributed by atoms with van der Waals surface area (Å²) in [4.78, 5) is 67.9. The third-order valence-corrected chi connectivity index (χ3v) is 10.3. The van der Waals surface area contributed by atoms with Crippen molar-refractivity contribution in [2.24, 2.45) is 5.10 Å². The molecule has 0 bridgehead atoms. The van der Waals surface area contributed by atoms with Crippen LogP contribution in [0.1, 0.15) is 33.6 Å². The highest BCUT2D eigenvalue weighted by atomic mass is 16.4. The van der Waals surface area contributed by atoms with Crippen LogP contribution in [0.2, 0.25) is 0 Å². The van der Waals surface area contributed by atoms with Gasteiger partial charge in [0.25, 0.3) is 6.08 Å². The number of isocyanates is 1. The van der Waals surface area contributed by atoms with Gasteiger partial charge in [0, 0.05) is 51.7 Å². The molecule has 8 rings (SSSR count). The van der Waals surface area contributed by atoms with Crippen LogP contribution in [-0.4, -0.2) is 134 Å². The van der Waals surface area contributed by atoms with E-state index in [1.165, 1.54) is 17.2 Å². The summed E-state index contributed by atoms with van der Waals surface area (Å²) in [6, 6.07) is 31.8. The van der Waals surface area contributed by atoms with Gasteiger partial charge in [-0.2, -0.15) is 0 Å². The third-order valence-electron chi connectivity index (χ3n) is 10.3. The Kier molecular flexibility index (Phi) is 16.9. The fraction of sp³-hybridized carbons (Fsp3) is 0.245. The molecule has 5 aromatic heterocycles. The average Bonchev–Trinajstić information content (AvgIpc) is 4.00. The highest BCUT2D eigenvalue weighted by Gasteiger charge is 2.29. The van der Waals surface area contributed by atoms with Gasteiger partial charge in [-0.25, -0.2) is 24.4 Å². The van der Waals surface area contributed by atoms with Gasteiger partial charge in [0.1, 0.15) is 22.3 Å². The molecule has 0 saturated heterocycles. The summed E-state index contributed by atoms with van der Waals surface area (Å²) < 4.78 is 4.07. The lowest BCUT2D eigenvalue weighted by molar-refractivity contribution is -0.165. The van der Waals surface area contributed by atoms with Crippen LogP contribution in [-0.2, 0) is 36.8 Å². The molecule has 2 unspecified atom stereocenters. The van der Waals surface area contributed by atoms with Gasteiger partial charge >= 0.3 is 11.9 Å². The molecular weight excluding hydrogens is 873 g/mol. The Balaban J connectivity index is 0.000000180. The summed E-state index contributed by atoms with van der Waals surface area (Å²) in [5.74, 6) is -3.40. The second kappa shape index (κ2) is 22.7. The van der Waals surface area contributed by atoms with Crippen molar-refractivity contribution in [3.8, 4) is 22.5 Å². The predicted molar refractivity (Wildman–Crippen MR) is 253 cm³/mol. The van der Waals surface area contributed by atoms with Gasteiger partial charge < -0.3 is 39.0 Å². The fourth-order valence-corrected chi connectivity index (χ4v) is 6.46. The van der Waals surface area contributed by atoms with E-state index in [-0.39, 0.29) is 11.8 Å². The van der Waals surface area contributed by atoms with Gasteiger partial charge in [0.05, 0.1) is 35.6 Å². The highest BCUT2D eigenvalue weighted by molar-refractivity contribution is 5.84. The Morgan fingerprint density at radius 3 is 1.38 bits per heavy atom. The number of likely N-dealkylation sites (N-methyl/N-ethyl adjacent to an activating group) is 2. The van der Waals surface area contributed by atoms with Crippen molar-refractivity contribution < 1.29 is 44.4 Å². The zero-order chi connectivity index (χ0) is 49.8. The van der Waals surface area contributed by atoms with E-state index >= 15 is 0 Å². The number of rotatable bonds is 10. The van der Waals surface area contributed by atoms with Crippen molar-refractivity contribution in [3.63, 3.8) is 0 Å². The molecule has 8 aromatic rings. The number of para-hydroxylation sites is 1. The number of pyridine rings is 2. The van der Waals surface area contributed by atoms with Crippen LogP contribution < -0.4 is 0 Å². The molecule has 68 heavy (non-hydrogen) atoms. The molecule has 0 aliphatic heterocycles. The number of aliphatic carboxylic acids is 2. The Labute approximate surface area is 390 Å². The quantitative estimate of drug-likeness (QED) is 0.105. The molecule has 19 nitrogen and oxygen atoms in total. The predicted octanol–water partition coefficient (Wildman–Crippen LogP) is 4.91. The van der Waals surface area contributed by atoms with E-state index in [1.807, 2.05) is 71.4 Å². The van der Waals surface area contributed by atoms with Crippen LogP contribution >= 0.6 is 0 Å². The number of carbonyl (C=O) groups is 4. The van der Waals surface area contributed by atoms with Crippen molar-refractivity contribution >= 4 is 52.2 Å². The number of amides is 2. The molecule has 4 N–H and O–H groups in total. The lowest BCUT2D eigenvalue weighted by Crippen LogP contribution is -2.39. The molecule has 0 aliphatic rings. The standard InChI is InChI=1S/2C19H21N3O.C7H4N4O.C4H6O6/c2*1-13-5-8-15(9-6-13)19-16(11-18(23)21(3)4)22-12-14(2)7-10-17(22)20-19;12-5-8-11-7-4-2-1-3-6(7)9-10-11;5-1(3(7)8)2(6)4(9)10/h2*5-10,12H,11H2,1-4H3;1-4H;1-2,5-6H,(H,7,8)(H,9,10). The largest absolute Gasteiger partial charge is 0.479 e. The molecule has 0 spiro atoms. The van der Waals surface area contributed by atoms with Crippen LogP contribution in [0.4, 0.5) is 0 Å². The van der Waals surface area contributed by atoms with E-state index in [0.717, 1.165) is 61.1 Å². The molecule has 2 amide bonds. The van der Waals surface area contributed by atoms with Crippen molar-refractivity contribution in [3.05, 3.63) is 143 Å². The van der Waals surface area contributed by atoms with Gasteiger partial charge in [0.15, 0.2) is 12.2 Å². The summed E-state index contributed by atoms with van der Waals surface area (Å²) in [5.41, 5.74) is 13.6. The number of nitrogens with zero attached hydrogens (tertiary/aromatic N) is 10. The number of carbonyl (C=O) groups excluding carboxylic acids is 3.